The van der Waals surface area contributed by atoms with Crippen LogP contribution in [0.4, 0.5) is 10.8 Å². The number of rotatable bonds is 6. The maximum absolute atomic E-state index is 12.0. The van der Waals surface area contributed by atoms with Gasteiger partial charge in [-0.25, -0.2) is 0 Å². The van der Waals surface area contributed by atoms with Gasteiger partial charge in [0.05, 0.1) is 12.3 Å². The summed E-state index contributed by atoms with van der Waals surface area (Å²) < 4.78 is 0.623. The third-order valence-electron chi connectivity index (χ3n) is 3.14. The summed E-state index contributed by atoms with van der Waals surface area (Å²) in [6.07, 6.45) is 0. The van der Waals surface area contributed by atoms with E-state index in [0.29, 0.717) is 9.47 Å². The minimum absolute atomic E-state index is 0.0790. The molecule has 0 unspecified atom stereocenters. The van der Waals surface area contributed by atoms with E-state index in [1.165, 1.54) is 23.1 Å². The van der Waals surface area contributed by atoms with Crippen molar-refractivity contribution in [2.45, 2.75) is 25.1 Å². The summed E-state index contributed by atoms with van der Waals surface area (Å²) >= 11 is 2.45. The van der Waals surface area contributed by atoms with Crippen LogP contribution in [-0.2, 0) is 9.59 Å². The van der Waals surface area contributed by atoms with E-state index in [0.717, 1.165) is 22.4 Å². The van der Waals surface area contributed by atoms with E-state index in [-0.39, 0.29) is 24.1 Å². The maximum atomic E-state index is 12.0. The van der Waals surface area contributed by atoms with Gasteiger partial charge in [0.15, 0.2) is 4.34 Å². The number of amides is 2. The normalized spacial score (nSPS) is 10.5. The van der Waals surface area contributed by atoms with Gasteiger partial charge in [-0.3, -0.25) is 9.59 Å². The summed E-state index contributed by atoms with van der Waals surface area (Å²) in [5.41, 5.74) is 9.40. The number of hydrogen-bond acceptors (Lipinski definition) is 7. The third kappa shape index (κ3) is 5.20. The van der Waals surface area contributed by atoms with E-state index < -0.39 is 0 Å². The Kier molecular flexibility index (Phi) is 6.16. The van der Waals surface area contributed by atoms with Gasteiger partial charge in [0, 0.05) is 5.69 Å². The van der Waals surface area contributed by atoms with E-state index in [1.54, 1.807) is 0 Å². The van der Waals surface area contributed by atoms with Crippen LogP contribution in [0.15, 0.2) is 16.5 Å². The van der Waals surface area contributed by atoms with Crippen LogP contribution in [0.3, 0.4) is 0 Å². The topological polar surface area (TPSA) is 110 Å². The largest absolute Gasteiger partial charge is 0.374 e. The number of carbonyl (C=O) groups excluding carboxylic acids is 2. The number of benzene rings is 1. The summed E-state index contributed by atoms with van der Waals surface area (Å²) in [7, 11) is 0. The molecule has 1 heterocycles. The number of anilines is 2. The number of nitrogens with zero attached hydrogens (tertiary/aromatic N) is 2. The van der Waals surface area contributed by atoms with E-state index in [1.807, 2.05) is 32.9 Å². The standard InChI is InChI=1S/C15H19N5O2S2/c1-8-4-9(2)13(10(3)5-8)18-11(21)6-17-12(22)7-23-15-20-19-14(16)24-15/h4-5H,6-7H2,1-3H3,(H2,16,19)(H,17,22)(H,18,21). The average Bonchev–Trinajstić information content (AvgIpc) is 2.92. The Balaban J connectivity index is 1.79. The average molecular weight is 365 g/mol. The van der Waals surface area contributed by atoms with E-state index in [9.17, 15) is 9.59 Å². The first-order valence-corrected chi connectivity index (χ1v) is 9.01. The Morgan fingerprint density at radius 2 is 1.83 bits per heavy atom. The minimum atomic E-state index is -0.261. The zero-order valence-electron chi connectivity index (χ0n) is 13.7. The van der Waals surface area contributed by atoms with Crippen molar-refractivity contribution in [3.05, 3.63) is 28.8 Å². The fourth-order valence-electron chi connectivity index (χ4n) is 2.20. The van der Waals surface area contributed by atoms with Gasteiger partial charge in [-0.05, 0) is 31.9 Å². The van der Waals surface area contributed by atoms with E-state index >= 15 is 0 Å². The molecular formula is C15H19N5O2S2. The summed E-state index contributed by atoms with van der Waals surface area (Å²) in [4.78, 5) is 23.8. The van der Waals surface area contributed by atoms with Gasteiger partial charge >= 0.3 is 0 Å². The van der Waals surface area contributed by atoms with Crippen LogP contribution in [0, 0.1) is 20.8 Å². The van der Waals surface area contributed by atoms with Crippen LogP contribution < -0.4 is 16.4 Å². The number of carbonyl (C=O) groups is 2. The maximum Gasteiger partial charge on any atom is 0.243 e. The highest BCUT2D eigenvalue weighted by Crippen LogP contribution is 2.23. The second-order valence-corrected chi connectivity index (χ2v) is 7.53. The SMILES string of the molecule is Cc1cc(C)c(NC(=O)CNC(=O)CSc2nnc(N)s2)c(C)c1. The van der Waals surface area contributed by atoms with E-state index in [4.69, 9.17) is 5.73 Å². The molecule has 1 aromatic heterocycles. The lowest BCUT2D eigenvalue weighted by Gasteiger charge is -2.13. The molecule has 2 amide bonds. The molecule has 0 atom stereocenters. The molecule has 0 spiro atoms. The fourth-order valence-corrected chi connectivity index (χ4v) is 3.66. The van der Waals surface area contributed by atoms with Crippen molar-refractivity contribution in [2.75, 3.05) is 23.3 Å². The number of aryl methyl sites for hydroxylation is 3. The smallest absolute Gasteiger partial charge is 0.243 e. The zero-order valence-corrected chi connectivity index (χ0v) is 15.3. The summed E-state index contributed by atoms with van der Waals surface area (Å²) in [5, 5.41) is 13.3. The number of thioether (sulfide) groups is 1. The van der Waals surface area contributed by atoms with Crippen molar-refractivity contribution in [3.8, 4) is 0 Å². The Bertz CT molecular complexity index is 737. The van der Waals surface area contributed by atoms with Crippen molar-refractivity contribution in [3.63, 3.8) is 0 Å². The Morgan fingerprint density at radius 1 is 1.17 bits per heavy atom. The van der Waals surface area contributed by atoms with Crippen LogP contribution in [0.1, 0.15) is 16.7 Å². The van der Waals surface area contributed by atoms with Gasteiger partial charge in [0.25, 0.3) is 0 Å². The van der Waals surface area contributed by atoms with Crippen LogP contribution >= 0.6 is 23.1 Å². The quantitative estimate of drug-likeness (QED) is 0.674. The van der Waals surface area contributed by atoms with Crippen molar-refractivity contribution < 1.29 is 9.59 Å². The van der Waals surface area contributed by atoms with Crippen LogP contribution in [-0.4, -0.2) is 34.3 Å². The van der Waals surface area contributed by atoms with Crippen molar-refractivity contribution >= 4 is 45.7 Å². The number of nitrogen functional groups attached to an aromatic ring is 1. The predicted octanol–water partition coefficient (Wildman–Crippen LogP) is 1.89. The van der Waals surface area contributed by atoms with Gasteiger partial charge < -0.3 is 16.4 Å². The molecule has 0 bridgehead atoms. The Labute approximate surface area is 148 Å². The van der Waals surface area contributed by atoms with Crippen molar-refractivity contribution in [1.82, 2.24) is 15.5 Å². The first kappa shape index (κ1) is 18.2. The molecular weight excluding hydrogens is 346 g/mol. The second-order valence-electron chi connectivity index (χ2n) is 5.29. The molecule has 2 rings (SSSR count). The molecule has 9 heteroatoms. The van der Waals surface area contributed by atoms with E-state index in [2.05, 4.69) is 20.8 Å². The monoisotopic (exact) mass is 365 g/mol. The molecule has 0 saturated carbocycles. The van der Waals surface area contributed by atoms with Crippen molar-refractivity contribution in [2.24, 2.45) is 0 Å². The molecule has 128 valence electrons. The minimum Gasteiger partial charge on any atom is -0.374 e. The lowest BCUT2D eigenvalue weighted by atomic mass is 10.1. The molecule has 0 aliphatic rings. The van der Waals surface area contributed by atoms with Crippen molar-refractivity contribution in [1.29, 1.82) is 0 Å². The fraction of sp³-hybridized carbons (Fsp3) is 0.333. The molecule has 24 heavy (non-hydrogen) atoms. The summed E-state index contributed by atoms with van der Waals surface area (Å²) in [6, 6.07) is 4.01. The molecule has 0 aliphatic carbocycles. The first-order chi connectivity index (χ1) is 11.3. The molecule has 1 aromatic carbocycles. The van der Waals surface area contributed by atoms with Gasteiger partial charge in [0.1, 0.15) is 0 Å². The number of nitrogens with two attached hydrogens (primary N) is 1. The molecule has 0 fully saturated rings. The lowest BCUT2D eigenvalue weighted by Crippen LogP contribution is -2.34. The molecule has 0 saturated heterocycles. The van der Waals surface area contributed by atoms with Gasteiger partial charge in [0.2, 0.25) is 16.9 Å². The molecule has 0 aliphatic heterocycles. The Morgan fingerprint density at radius 3 is 2.42 bits per heavy atom. The zero-order chi connectivity index (χ0) is 17.7. The highest BCUT2D eigenvalue weighted by atomic mass is 32.2. The van der Waals surface area contributed by atoms with Crippen LogP contribution in [0.2, 0.25) is 0 Å². The Hall–Kier alpha value is -2.13. The number of nitrogens with one attached hydrogen (secondary N) is 2. The lowest BCUT2D eigenvalue weighted by molar-refractivity contribution is -0.122. The van der Waals surface area contributed by atoms with Gasteiger partial charge in [-0.2, -0.15) is 0 Å². The molecule has 4 N–H and O–H groups in total. The highest BCUT2D eigenvalue weighted by Gasteiger charge is 2.11. The summed E-state index contributed by atoms with van der Waals surface area (Å²) in [6.45, 7) is 5.82. The first-order valence-electron chi connectivity index (χ1n) is 7.21. The van der Waals surface area contributed by atoms with Gasteiger partial charge in [-0.15, -0.1) is 10.2 Å². The highest BCUT2D eigenvalue weighted by molar-refractivity contribution is 8.01. The third-order valence-corrected chi connectivity index (χ3v) is 5.02. The van der Waals surface area contributed by atoms with Gasteiger partial charge in [-0.1, -0.05) is 40.8 Å². The molecule has 7 nitrogen and oxygen atoms in total. The molecule has 0 radical (unpaired) electrons. The van der Waals surface area contributed by atoms with Crippen LogP contribution in [0.5, 0.6) is 0 Å². The molecule has 2 aromatic rings. The number of hydrogen-bond donors (Lipinski definition) is 3. The van der Waals surface area contributed by atoms with Crippen LogP contribution in [0.25, 0.3) is 0 Å². The second kappa shape index (κ2) is 8.11. The predicted molar refractivity (Wildman–Crippen MR) is 97.3 cm³/mol. The number of aromatic nitrogens is 2. The summed E-state index contributed by atoms with van der Waals surface area (Å²) in [5.74, 6) is -0.352.